The molecule has 8 rings (SSSR count). The number of aryl methyl sites for hydroxylation is 1. The van der Waals surface area contributed by atoms with Crippen LogP contribution in [0.1, 0.15) is 43.2 Å². The van der Waals surface area contributed by atoms with E-state index in [-0.39, 0.29) is 28.1 Å². The van der Waals surface area contributed by atoms with E-state index < -0.39 is 11.6 Å². The van der Waals surface area contributed by atoms with Crippen molar-refractivity contribution in [2.24, 2.45) is 0 Å². The Labute approximate surface area is 265 Å². The van der Waals surface area contributed by atoms with Crippen LogP contribution in [0.3, 0.4) is 0 Å². The second kappa shape index (κ2) is 10.9. The number of hydrogen-bond donors (Lipinski definition) is 2. The highest BCUT2D eigenvalue weighted by Crippen LogP contribution is 2.44. The molecule has 3 unspecified atom stereocenters. The van der Waals surface area contributed by atoms with Gasteiger partial charge in [-0.3, -0.25) is 9.88 Å². The van der Waals surface area contributed by atoms with E-state index in [1.807, 2.05) is 0 Å². The van der Waals surface area contributed by atoms with Crippen LogP contribution in [0.5, 0.6) is 11.6 Å². The number of phenolic OH excluding ortho intramolecular Hbond substituents is 1. The fourth-order valence-corrected chi connectivity index (χ4v) is 8.32. The number of aromatic hydroxyl groups is 1. The number of aromatic nitrogens is 2. The first-order valence-corrected chi connectivity index (χ1v) is 15.9. The molecule has 4 saturated heterocycles. The number of piperazine rings is 1. The quantitative estimate of drug-likeness (QED) is 0.259. The number of rotatable bonds is 5. The molecule has 2 aromatic heterocycles. The van der Waals surface area contributed by atoms with Gasteiger partial charge < -0.3 is 20.1 Å². The second-order valence-electron chi connectivity index (χ2n) is 13.3. The highest BCUT2D eigenvalue weighted by Gasteiger charge is 2.47. The second-order valence-corrected chi connectivity index (χ2v) is 13.3. The summed E-state index contributed by atoms with van der Waals surface area (Å²) in [7, 11) is 0. The van der Waals surface area contributed by atoms with Crippen molar-refractivity contribution in [3.63, 3.8) is 0 Å². The summed E-state index contributed by atoms with van der Waals surface area (Å²) < 4.78 is 52.1. The monoisotopic (exact) mass is 625 g/mol. The highest BCUT2D eigenvalue weighted by atomic mass is 19.1. The van der Waals surface area contributed by atoms with Gasteiger partial charge in [-0.1, -0.05) is 12.0 Å². The van der Waals surface area contributed by atoms with Crippen LogP contribution in [0.25, 0.3) is 32.8 Å². The maximum atomic E-state index is 17.1. The zero-order valence-electron chi connectivity index (χ0n) is 25.5. The maximum absolute atomic E-state index is 17.1. The smallest absolute Gasteiger partial charge is 0.219 e. The molecule has 10 heteroatoms. The molecular formula is C36H34F3N5O2. The lowest BCUT2D eigenvalue weighted by atomic mass is 9.93. The van der Waals surface area contributed by atoms with Gasteiger partial charge in [0.15, 0.2) is 5.82 Å². The summed E-state index contributed by atoms with van der Waals surface area (Å²) in [5, 5.41) is 15.8. The molecule has 46 heavy (non-hydrogen) atoms. The largest absolute Gasteiger partial charge is 0.508 e. The summed E-state index contributed by atoms with van der Waals surface area (Å²) in [4.78, 5) is 14.1. The maximum Gasteiger partial charge on any atom is 0.219 e. The lowest BCUT2D eigenvalue weighted by Crippen LogP contribution is -2.51. The van der Waals surface area contributed by atoms with Crippen LogP contribution >= 0.6 is 0 Å². The molecule has 4 aliphatic rings. The van der Waals surface area contributed by atoms with E-state index in [1.165, 1.54) is 24.3 Å². The van der Waals surface area contributed by atoms with Crippen molar-refractivity contribution < 1.29 is 23.0 Å². The van der Waals surface area contributed by atoms with Gasteiger partial charge in [-0.2, -0.15) is 4.98 Å². The van der Waals surface area contributed by atoms with Gasteiger partial charge in [0.1, 0.15) is 29.7 Å². The van der Waals surface area contributed by atoms with Gasteiger partial charge in [0.25, 0.3) is 0 Å². The lowest BCUT2D eigenvalue weighted by molar-refractivity contribution is 0.110. The molecule has 4 aromatic rings. The number of terminal acetylenes is 1. The van der Waals surface area contributed by atoms with Gasteiger partial charge in [-0.05, 0) is 74.7 Å². The van der Waals surface area contributed by atoms with E-state index in [1.54, 1.807) is 13.1 Å². The number of nitrogens with one attached hydrogen (secondary N) is 1. The lowest BCUT2D eigenvalue weighted by Gasteiger charge is -2.35. The number of fused-ring (bicyclic) bond motifs is 5. The predicted octanol–water partition coefficient (Wildman–Crippen LogP) is 6.13. The van der Waals surface area contributed by atoms with Crippen molar-refractivity contribution in [3.8, 4) is 35.2 Å². The van der Waals surface area contributed by atoms with E-state index in [9.17, 15) is 13.9 Å². The molecule has 7 nitrogen and oxygen atoms in total. The fourth-order valence-electron chi connectivity index (χ4n) is 8.32. The minimum absolute atomic E-state index is 0.0279. The summed E-state index contributed by atoms with van der Waals surface area (Å²) in [5.41, 5.74) is 1.04. The Kier molecular flexibility index (Phi) is 6.89. The van der Waals surface area contributed by atoms with Gasteiger partial charge in [0.05, 0.1) is 17.4 Å². The molecule has 3 atom stereocenters. The summed E-state index contributed by atoms with van der Waals surface area (Å²) in [6.45, 7) is 4.98. The topological polar surface area (TPSA) is 73.8 Å². The number of ether oxygens (including phenoxy) is 1. The van der Waals surface area contributed by atoms with E-state index in [0.29, 0.717) is 76.8 Å². The van der Waals surface area contributed by atoms with E-state index in [0.717, 1.165) is 50.9 Å². The fraction of sp³-hybridized carbons (Fsp3) is 0.389. The minimum atomic E-state index is -0.634. The molecule has 0 saturated carbocycles. The summed E-state index contributed by atoms with van der Waals surface area (Å²) >= 11 is 0. The Morgan fingerprint density at radius 2 is 2.00 bits per heavy atom. The van der Waals surface area contributed by atoms with Crippen LogP contribution in [0.2, 0.25) is 0 Å². The number of nitrogens with zero attached hydrogens (tertiary/aromatic N) is 4. The third kappa shape index (κ3) is 4.51. The standard InChI is InChI=1S/C36H34F3N5O2/c1-3-26-29(38)8-5-22-11-25(45)12-27(31(22)26)33-32(39)30-20(2)35(46-19-36-9-4-10-44(36)16-21(13-36)14-37)42-34(28(30)15-40-33)43-17-23-6-7-24(18-43)41-23/h1,5,8,11-12,14-15,23-24,41,45H,4,6-7,9-10,13,16-19H2,2H3/b21-14-. The SMILES string of the molecule is C#Cc1c(F)ccc2cc(O)cc(-c3ncc4c(N5CC6CCC(C5)N6)nc(OCC56CCCN5C/C(=C\F)C6)c(C)c4c3F)c12. The van der Waals surface area contributed by atoms with Crippen molar-refractivity contribution >= 4 is 27.4 Å². The Morgan fingerprint density at radius 3 is 2.76 bits per heavy atom. The van der Waals surface area contributed by atoms with Gasteiger partial charge in [-0.25, -0.2) is 13.2 Å². The summed E-state index contributed by atoms with van der Waals surface area (Å²) in [5.74, 6) is 1.94. The number of anilines is 1. The van der Waals surface area contributed by atoms with Gasteiger partial charge in [0, 0.05) is 65.2 Å². The van der Waals surface area contributed by atoms with Crippen LogP contribution in [-0.2, 0) is 0 Å². The van der Waals surface area contributed by atoms with Gasteiger partial charge >= 0.3 is 0 Å². The zero-order valence-corrected chi connectivity index (χ0v) is 25.5. The van der Waals surface area contributed by atoms with Crippen molar-refractivity contribution in [1.29, 1.82) is 0 Å². The third-order valence-electron chi connectivity index (χ3n) is 10.5. The van der Waals surface area contributed by atoms with Crippen LogP contribution in [0.15, 0.2) is 42.4 Å². The highest BCUT2D eigenvalue weighted by molar-refractivity contribution is 6.04. The number of phenols is 1. The number of pyridine rings is 2. The molecule has 0 spiro atoms. The summed E-state index contributed by atoms with van der Waals surface area (Å²) in [6, 6.07) is 6.19. The Bertz CT molecular complexity index is 1980. The van der Waals surface area contributed by atoms with Crippen LogP contribution in [0.4, 0.5) is 19.0 Å². The first-order chi connectivity index (χ1) is 22.3. The third-order valence-corrected chi connectivity index (χ3v) is 10.5. The average molecular weight is 626 g/mol. The Balaban J connectivity index is 1.30. The van der Waals surface area contributed by atoms with E-state index in [2.05, 4.69) is 26.0 Å². The average Bonchev–Trinajstić information content (AvgIpc) is 3.71. The molecule has 0 radical (unpaired) electrons. The molecule has 4 aliphatic heterocycles. The van der Waals surface area contributed by atoms with Crippen molar-refractivity contribution in [1.82, 2.24) is 20.2 Å². The molecule has 0 aliphatic carbocycles. The Hall–Kier alpha value is -4.33. The van der Waals surface area contributed by atoms with Gasteiger partial charge in [0.2, 0.25) is 5.88 Å². The number of halogens is 3. The molecule has 2 N–H and O–H groups in total. The zero-order chi connectivity index (χ0) is 31.7. The van der Waals surface area contributed by atoms with Crippen molar-refractivity contribution in [2.45, 2.75) is 56.7 Å². The van der Waals surface area contributed by atoms with Crippen molar-refractivity contribution in [2.75, 3.05) is 37.7 Å². The van der Waals surface area contributed by atoms with Crippen LogP contribution in [-0.4, -0.2) is 70.4 Å². The number of hydrogen-bond acceptors (Lipinski definition) is 7. The van der Waals surface area contributed by atoms with E-state index in [4.69, 9.17) is 16.1 Å². The van der Waals surface area contributed by atoms with Crippen molar-refractivity contribution in [3.05, 3.63) is 65.1 Å². The molecule has 236 valence electrons. The molecule has 2 aromatic carbocycles. The molecule has 2 bridgehead atoms. The van der Waals surface area contributed by atoms with E-state index >= 15 is 4.39 Å². The van der Waals surface area contributed by atoms with Crippen LogP contribution < -0.4 is 15.0 Å². The molecule has 6 heterocycles. The first-order valence-electron chi connectivity index (χ1n) is 15.9. The Morgan fingerprint density at radius 1 is 1.20 bits per heavy atom. The minimum Gasteiger partial charge on any atom is -0.508 e. The normalized spacial score (nSPS) is 25.1. The first kappa shape index (κ1) is 29.1. The predicted molar refractivity (Wildman–Crippen MR) is 172 cm³/mol. The molecule has 0 amide bonds. The number of benzene rings is 2. The molecular weight excluding hydrogens is 591 g/mol. The molecule has 4 fully saturated rings. The van der Waals surface area contributed by atoms with Crippen LogP contribution in [0, 0.1) is 30.9 Å². The summed E-state index contributed by atoms with van der Waals surface area (Å²) in [6.07, 6.45) is 12.6. The van der Waals surface area contributed by atoms with Gasteiger partial charge in [-0.15, -0.1) is 6.42 Å².